The molecular formula is C13H27N3O. The maximum atomic E-state index is 7.44. The van der Waals surface area contributed by atoms with Gasteiger partial charge in [-0.2, -0.15) is 0 Å². The number of nitrogens with zero attached hydrogens (tertiary/aromatic N) is 1. The van der Waals surface area contributed by atoms with Crippen molar-refractivity contribution in [1.82, 2.24) is 4.90 Å². The lowest BCUT2D eigenvalue weighted by atomic mass is 9.98. The van der Waals surface area contributed by atoms with E-state index in [0.717, 1.165) is 25.6 Å². The minimum Gasteiger partial charge on any atom is -0.385 e. The zero-order chi connectivity index (χ0) is 12.7. The van der Waals surface area contributed by atoms with Gasteiger partial charge in [0, 0.05) is 19.6 Å². The summed E-state index contributed by atoms with van der Waals surface area (Å²) in [6.45, 7) is 8.11. The lowest BCUT2D eigenvalue weighted by Crippen LogP contribution is -2.49. The molecular weight excluding hydrogens is 214 g/mol. The second-order valence-electron chi connectivity index (χ2n) is 4.99. The van der Waals surface area contributed by atoms with Gasteiger partial charge in [-0.1, -0.05) is 33.1 Å². The van der Waals surface area contributed by atoms with E-state index < -0.39 is 0 Å². The summed E-state index contributed by atoms with van der Waals surface area (Å²) in [6, 6.07) is 0. The maximum Gasteiger partial charge on any atom is 0.127 e. The number of rotatable bonds is 7. The predicted octanol–water partition coefficient (Wildman–Crippen LogP) is 1.84. The summed E-state index contributed by atoms with van der Waals surface area (Å²) in [6.07, 6.45) is 4.96. The highest BCUT2D eigenvalue weighted by atomic mass is 16.5. The normalized spacial score (nSPS) is 23.5. The topological polar surface area (TPSA) is 62.3 Å². The van der Waals surface area contributed by atoms with Crippen LogP contribution in [0.4, 0.5) is 0 Å². The fourth-order valence-corrected chi connectivity index (χ4v) is 2.34. The smallest absolute Gasteiger partial charge is 0.127 e. The van der Waals surface area contributed by atoms with Gasteiger partial charge >= 0.3 is 0 Å². The van der Waals surface area contributed by atoms with Gasteiger partial charge in [0.2, 0.25) is 0 Å². The van der Waals surface area contributed by atoms with Crippen molar-refractivity contribution >= 4 is 5.84 Å². The molecule has 1 aliphatic rings. The van der Waals surface area contributed by atoms with E-state index in [1.165, 1.54) is 25.7 Å². The van der Waals surface area contributed by atoms with Crippen LogP contribution in [0.5, 0.6) is 0 Å². The SMILES string of the molecule is CCCCC(CC)CN1CCOC(C(=N)N)C1. The molecule has 2 atom stereocenters. The molecule has 0 amide bonds. The summed E-state index contributed by atoms with van der Waals surface area (Å²) in [5, 5.41) is 7.44. The lowest BCUT2D eigenvalue weighted by Gasteiger charge is -2.34. The van der Waals surface area contributed by atoms with E-state index >= 15 is 0 Å². The van der Waals surface area contributed by atoms with Gasteiger partial charge in [0.25, 0.3) is 0 Å². The second-order valence-corrected chi connectivity index (χ2v) is 4.99. The summed E-state index contributed by atoms with van der Waals surface area (Å²) in [7, 11) is 0. The Morgan fingerprint density at radius 2 is 2.29 bits per heavy atom. The van der Waals surface area contributed by atoms with Gasteiger partial charge in [0.05, 0.1) is 6.61 Å². The van der Waals surface area contributed by atoms with Crippen LogP contribution in [0.2, 0.25) is 0 Å². The molecule has 0 aliphatic carbocycles. The maximum absolute atomic E-state index is 7.44. The van der Waals surface area contributed by atoms with Crippen LogP contribution in [0.1, 0.15) is 39.5 Å². The van der Waals surface area contributed by atoms with E-state index in [4.69, 9.17) is 15.9 Å². The molecule has 100 valence electrons. The third-order valence-corrected chi connectivity index (χ3v) is 3.56. The molecule has 1 saturated heterocycles. The Hall–Kier alpha value is -0.610. The first-order valence-electron chi connectivity index (χ1n) is 6.85. The number of nitrogens with two attached hydrogens (primary N) is 1. The first kappa shape index (κ1) is 14.5. The van der Waals surface area contributed by atoms with Gasteiger partial charge in [-0.05, 0) is 12.3 Å². The second kappa shape index (κ2) is 7.67. The van der Waals surface area contributed by atoms with Gasteiger partial charge in [0.15, 0.2) is 0 Å². The molecule has 3 N–H and O–H groups in total. The quantitative estimate of drug-likeness (QED) is 0.528. The minimum atomic E-state index is -0.188. The third kappa shape index (κ3) is 5.04. The summed E-state index contributed by atoms with van der Waals surface area (Å²) < 4.78 is 5.47. The Morgan fingerprint density at radius 3 is 2.88 bits per heavy atom. The molecule has 1 fully saturated rings. The first-order valence-corrected chi connectivity index (χ1v) is 6.85. The van der Waals surface area contributed by atoms with Crippen molar-refractivity contribution in [3.63, 3.8) is 0 Å². The number of ether oxygens (including phenoxy) is 1. The molecule has 0 bridgehead atoms. The van der Waals surface area contributed by atoms with Crippen LogP contribution in [0.25, 0.3) is 0 Å². The van der Waals surface area contributed by atoms with Crippen molar-refractivity contribution in [2.45, 2.75) is 45.6 Å². The zero-order valence-electron chi connectivity index (χ0n) is 11.2. The highest BCUT2D eigenvalue weighted by molar-refractivity contribution is 5.82. The minimum absolute atomic E-state index is 0.163. The van der Waals surface area contributed by atoms with Crippen molar-refractivity contribution < 1.29 is 4.74 Å². The van der Waals surface area contributed by atoms with Crippen LogP contribution < -0.4 is 5.73 Å². The summed E-state index contributed by atoms with van der Waals surface area (Å²) in [5.74, 6) is 0.942. The third-order valence-electron chi connectivity index (χ3n) is 3.56. The van der Waals surface area contributed by atoms with E-state index in [1.807, 2.05) is 0 Å². The van der Waals surface area contributed by atoms with Crippen LogP contribution in [0, 0.1) is 11.3 Å². The molecule has 1 heterocycles. The number of amidine groups is 1. The molecule has 17 heavy (non-hydrogen) atoms. The number of unbranched alkanes of at least 4 members (excludes halogenated alkanes) is 1. The fraction of sp³-hybridized carbons (Fsp3) is 0.923. The number of hydrogen-bond donors (Lipinski definition) is 2. The van der Waals surface area contributed by atoms with Crippen LogP contribution in [0.15, 0.2) is 0 Å². The van der Waals surface area contributed by atoms with Gasteiger partial charge in [-0.25, -0.2) is 0 Å². The molecule has 2 unspecified atom stereocenters. The zero-order valence-corrected chi connectivity index (χ0v) is 11.2. The molecule has 0 radical (unpaired) electrons. The number of nitrogens with one attached hydrogen (secondary N) is 1. The predicted molar refractivity (Wildman–Crippen MR) is 71.4 cm³/mol. The Kier molecular flexibility index (Phi) is 6.52. The fourth-order valence-electron chi connectivity index (χ4n) is 2.34. The van der Waals surface area contributed by atoms with Crippen LogP contribution in [-0.2, 0) is 4.74 Å². The lowest BCUT2D eigenvalue weighted by molar-refractivity contribution is -0.000886. The van der Waals surface area contributed by atoms with E-state index in [0.29, 0.717) is 6.61 Å². The Bertz CT molecular complexity index is 233. The standard InChI is InChI=1S/C13H27N3O/c1-3-5-6-11(4-2)9-16-7-8-17-12(10-16)13(14)15/h11-12H,3-10H2,1-2H3,(H3,14,15). The van der Waals surface area contributed by atoms with E-state index in [2.05, 4.69) is 18.7 Å². The highest BCUT2D eigenvalue weighted by Crippen LogP contribution is 2.16. The molecule has 1 rings (SSSR count). The average Bonchev–Trinajstić information content (AvgIpc) is 2.34. The molecule has 0 spiro atoms. The summed E-state index contributed by atoms with van der Waals surface area (Å²) >= 11 is 0. The Morgan fingerprint density at radius 1 is 1.53 bits per heavy atom. The first-order chi connectivity index (χ1) is 8.17. The average molecular weight is 241 g/mol. The molecule has 4 heteroatoms. The van der Waals surface area contributed by atoms with Crippen LogP contribution in [-0.4, -0.2) is 43.1 Å². The van der Waals surface area contributed by atoms with Crippen molar-refractivity contribution in [2.75, 3.05) is 26.2 Å². The summed E-state index contributed by atoms with van der Waals surface area (Å²) in [5.41, 5.74) is 5.50. The van der Waals surface area contributed by atoms with Crippen molar-refractivity contribution in [1.29, 1.82) is 5.41 Å². The van der Waals surface area contributed by atoms with Gasteiger partial charge in [-0.3, -0.25) is 10.3 Å². The largest absolute Gasteiger partial charge is 0.385 e. The van der Waals surface area contributed by atoms with Gasteiger partial charge in [-0.15, -0.1) is 0 Å². The van der Waals surface area contributed by atoms with E-state index in [-0.39, 0.29) is 11.9 Å². The van der Waals surface area contributed by atoms with Crippen molar-refractivity contribution in [2.24, 2.45) is 11.7 Å². The monoisotopic (exact) mass is 241 g/mol. The van der Waals surface area contributed by atoms with E-state index in [9.17, 15) is 0 Å². The molecule has 4 nitrogen and oxygen atoms in total. The van der Waals surface area contributed by atoms with Crippen LogP contribution >= 0.6 is 0 Å². The molecule has 0 aromatic carbocycles. The van der Waals surface area contributed by atoms with Crippen LogP contribution in [0.3, 0.4) is 0 Å². The van der Waals surface area contributed by atoms with E-state index in [1.54, 1.807) is 0 Å². The number of hydrogen-bond acceptors (Lipinski definition) is 3. The van der Waals surface area contributed by atoms with Crippen molar-refractivity contribution in [3.8, 4) is 0 Å². The highest BCUT2D eigenvalue weighted by Gasteiger charge is 2.23. The molecule has 0 saturated carbocycles. The molecule has 0 aromatic heterocycles. The number of morpholine rings is 1. The van der Waals surface area contributed by atoms with Crippen molar-refractivity contribution in [3.05, 3.63) is 0 Å². The summed E-state index contributed by atoms with van der Waals surface area (Å²) in [4.78, 5) is 2.40. The van der Waals surface area contributed by atoms with Gasteiger partial charge in [0.1, 0.15) is 11.9 Å². The molecule has 1 aliphatic heterocycles. The Balaban J connectivity index is 2.35. The molecule has 0 aromatic rings. The Labute approximate surface area is 105 Å². The van der Waals surface area contributed by atoms with Gasteiger partial charge < -0.3 is 10.5 Å².